The van der Waals surface area contributed by atoms with E-state index in [0.29, 0.717) is 6.42 Å². The number of nitrogens with one attached hydrogen (secondary N) is 1. The zero-order chi connectivity index (χ0) is 21.1. The summed E-state index contributed by atoms with van der Waals surface area (Å²) in [7, 11) is 0. The van der Waals surface area contributed by atoms with Gasteiger partial charge in [0, 0.05) is 37.6 Å². The van der Waals surface area contributed by atoms with Crippen LogP contribution in [0, 0.1) is 11.6 Å². The predicted octanol–water partition coefficient (Wildman–Crippen LogP) is 4.56. The molecule has 160 valence electrons. The fourth-order valence-corrected chi connectivity index (χ4v) is 4.81. The van der Waals surface area contributed by atoms with Crippen LogP contribution in [0.15, 0.2) is 42.5 Å². The fraction of sp³-hybridized carbons (Fsp3) is 0.458. The summed E-state index contributed by atoms with van der Waals surface area (Å²) in [6.07, 6.45) is 3.35. The fourth-order valence-electron chi connectivity index (χ4n) is 4.81. The summed E-state index contributed by atoms with van der Waals surface area (Å²) in [6, 6.07) is 11.3. The highest BCUT2D eigenvalue weighted by molar-refractivity contribution is 6.06. The van der Waals surface area contributed by atoms with E-state index in [1.54, 1.807) is 6.07 Å². The van der Waals surface area contributed by atoms with E-state index >= 15 is 0 Å². The maximum absolute atomic E-state index is 13.8. The Morgan fingerprint density at radius 1 is 0.967 bits per heavy atom. The summed E-state index contributed by atoms with van der Waals surface area (Å²) in [5, 5.41) is 2.94. The standard InChI is InChI=1S/C24H29F2N3O/c1-2-24(21-17-19(26)7-10-22(21)27-23(24)30)11-3-4-12-28-13-15-29(16-14-28)20-8-5-18(25)6-9-20/h5-10,17H,2-4,11-16H2,1H3,(H,27,30). The molecule has 0 aliphatic carbocycles. The monoisotopic (exact) mass is 413 g/mol. The number of benzene rings is 2. The number of nitrogens with zero attached hydrogens (tertiary/aromatic N) is 2. The predicted molar refractivity (Wildman–Crippen MR) is 116 cm³/mol. The molecule has 1 saturated heterocycles. The normalized spacial score (nSPS) is 21.6. The number of hydrogen-bond acceptors (Lipinski definition) is 3. The Labute approximate surface area is 176 Å². The summed E-state index contributed by atoms with van der Waals surface area (Å²) < 4.78 is 26.9. The lowest BCUT2D eigenvalue weighted by molar-refractivity contribution is -0.121. The lowest BCUT2D eigenvalue weighted by atomic mass is 9.75. The van der Waals surface area contributed by atoms with Crippen molar-refractivity contribution in [2.75, 3.05) is 42.9 Å². The quantitative estimate of drug-likeness (QED) is 0.676. The van der Waals surface area contributed by atoms with Crippen LogP contribution in [0.2, 0.25) is 0 Å². The van der Waals surface area contributed by atoms with Gasteiger partial charge in [-0.1, -0.05) is 13.3 Å². The Hall–Kier alpha value is -2.47. The van der Waals surface area contributed by atoms with Gasteiger partial charge >= 0.3 is 0 Å². The van der Waals surface area contributed by atoms with Gasteiger partial charge in [-0.3, -0.25) is 9.69 Å². The van der Waals surface area contributed by atoms with Crippen molar-refractivity contribution in [2.24, 2.45) is 0 Å². The first-order chi connectivity index (χ1) is 14.5. The van der Waals surface area contributed by atoms with Crippen molar-refractivity contribution in [1.82, 2.24) is 4.90 Å². The molecule has 2 aromatic rings. The minimum Gasteiger partial charge on any atom is -0.369 e. The van der Waals surface area contributed by atoms with Crippen LogP contribution in [-0.2, 0) is 10.2 Å². The molecule has 0 saturated carbocycles. The van der Waals surface area contributed by atoms with Crippen molar-refractivity contribution >= 4 is 17.3 Å². The van der Waals surface area contributed by atoms with Crippen LogP contribution in [-0.4, -0.2) is 43.5 Å². The topological polar surface area (TPSA) is 35.6 Å². The van der Waals surface area contributed by atoms with Crippen LogP contribution in [0.4, 0.5) is 20.2 Å². The number of anilines is 2. The van der Waals surface area contributed by atoms with E-state index in [4.69, 9.17) is 0 Å². The van der Waals surface area contributed by atoms with E-state index in [9.17, 15) is 13.6 Å². The Kier molecular flexibility index (Phi) is 6.04. The average Bonchev–Trinajstić information content (AvgIpc) is 3.03. The van der Waals surface area contributed by atoms with Crippen LogP contribution in [0.3, 0.4) is 0 Å². The zero-order valence-electron chi connectivity index (χ0n) is 17.5. The Balaban J connectivity index is 1.27. The van der Waals surface area contributed by atoms with Crippen molar-refractivity contribution in [2.45, 2.75) is 38.0 Å². The molecule has 0 radical (unpaired) electrons. The zero-order valence-corrected chi connectivity index (χ0v) is 17.5. The van der Waals surface area contributed by atoms with Crippen molar-refractivity contribution < 1.29 is 13.6 Å². The number of unbranched alkanes of at least 4 members (excludes halogenated alkanes) is 1. The van der Waals surface area contributed by atoms with Crippen LogP contribution in [0.5, 0.6) is 0 Å². The van der Waals surface area contributed by atoms with Crippen LogP contribution in [0.25, 0.3) is 0 Å². The molecule has 0 aromatic heterocycles. The van der Waals surface area contributed by atoms with Gasteiger partial charge in [-0.25, -0.2) is 8.78 Å². The van der Waals surface area contributed by atoms with Crippen LogP contribution < -0.4 is 10.2 Å². The number of halogens is 2. The molecule has 1 N–H and O–H groups in total. The first-order valence-electron chi connectivity index (χ1n) is 10.9. The molecule has 0 spiro atoms. The molecular formula is C24H29F2N3O. The molecular weight excluding hydrogens is 384 g/mol. The summed E-state index contributed by atoms with van der Waals surface area (Å²) in [4.78, 5) is 17.4. The number of amides is 1. The van der Waals surface area contributed by atoms with Gasteiger partial charge in [0.25, 0.3) is 0 Å². The SMILES string of the molecule is CCC1(CCCCN2CCN(c3ccc(F)cc3)CC2)C(=O)Nc2ccc(F)cc21. The molecule has 1 unspecified atom stereocenters. The Bertz CT molecular complexity index is 894. The number of carbonyl (C=O) groups is 1. The van der Waals surface area contributed by atoms with Crippen molar-refractivity contribution in [3.8, 4) is 0 Å². The molecule has 4 nitrogen and oxygen atoms in total. The van der Waals surface area contributed by atoms with Gasteiger partial charge < -0.3 is 10.2 Å². The number of fused-ring (bicyclic) bond motifs is 1. The molecule has 1 atom stereocenters. The molecule has 2 aliphatic heterocycles. The summed E-state index contributed by atoms with van der Waals surface area (Å²) in [5.41, 5.74) is 2.01. The van der Waals surface area contributed by atoms with Gasteiger partial charge in [0.05, 0.1) is 5.41 Å². The molecule has 1 amide bonds. The van der Waals surface area contributed by atoms with Gasteiger partial charge in [-0.15, -0.1) is 0 Å². The number of rotatable bonds is 7. The van der Waals surface area contributed by atoms with E-state index in [0.717, 1.165) is 68.9 Å². The van der Waals surface area contributed by atoms with E-state index in [-0.39, 0.29) is 17.5 Å². The lowest BCUT2D eigenvalue weighted by Gasteiger charge is -2.36. The maximum atomic E-state index is 13.8. The largest absolute Gasteiger partial charge is 0.369 e. The van der Waals surface area contributed by atoms with Gasteiger partial charge in [0.2, 0.25) is 5.91 Å². The maximum Gasteiger partial charge on any atom is 0.235 e. The third-order valence-electron chi connectivity index (χ3n) is 6.68. The van der Waals surface area contributed by atoms with Gasteiger partial charge in [-0.2, -0.15) is 0 Å². The first kappa shape index (κ1) is 20.8. The smallest absolute Gasteiger partial charge is 0.235 e. The minimum atomic E-state index is -0.612. The molecule has 0 bridgehead atoms. The van der Waals surface area contributed by atoms with E-state index in [2.05, 4.69) is 15.1 Å². The highest BCUT2D eigenvalue weighted by Gasteiger charge is 2.44. The lowest BCUT2D eigenvalue weighted by Crippen LogP contribution is -2.46. The third-order valence-corrected chi connectivity index (χ3v) is 6.68. The molecule has 2 heterocycles. The highest BCUT2D eigenvalue weighted by Crippen LogP contribution is 2.44. The summed E-state index contributed by atoms with van der Waals surface area (Å²) >= 11 is 0. The van der Waals surface area contributed by atoms with E-state index < -0.39 is 5.41 Å². The van der Waals surface area contributed by atoms with Gasteiger partial charge in [-0.05, 0) is 73.8 Å². The molecule has 1 fully saturated rings. The number of carbonyl (C=O) groups excluding carboxylic acids is 1. The number of hydrogen-bond donors (Lipinski definition) is 1. The molecule has 6 heteroatoms. The Morgan fingerprint density at radius 2 is 1.67 bits per heavy atom. The second-order valence-electron chi connectivity index (χ2n) is 8.34. The first-order valence-corrected chi connectivity index (χ1v) is 10.9. The second kappa shape index (κ2) is 8.72. The minimum absolute atomic E-state index is 0.00138. The van der Waals surface area contributed by atoms with Crippen LogP contribution >= 0.6 is 0 Å². The van der Waals surface area contributed by atoms with Crippen molar-refractivity contribution in [3.05, 3.63) is 59.7 Å². The van der Waals surface area contributed by atoms with Gasteiger partial charge in [0.1, 0.15) is 11.6 Å². The summed E-state index contributed by atoms with van der Waals surface area (Å²) in [6.45, 7) is 6.82. The highest BCUT2D eigenvalue weighted by atomic mass is 19.1. The van der Waals surface area contributed by atoms with Crippen molar-refractivity contribution in [3.63, 3.8) is 0 Å². The van der Waals surface area contributed by atoms with Crippen LogP contribution in [0.1, 0.15) is 38.2 Å². The summed E-state index contributed by atoms with van der Waals surface area (Å²) in [5.74, 6) is -0.496. The van der Waals surface area contributed by atoms with E-state index in [1.165, 1.54) is 24.3 Å². The van der Waals surface area contributed by atoms with Gasteiger partial charge in [0.15, 0.2) is 0 Å². The Morgan fingerprint density at radius 3 is 2.37 bits per heavy atom. The number of piperazine rings is 1. The van der Waals surface area contributed by atoms with E-state index in [1.807, 2.05) is 19.1 Å². The average molecular weight is 414 g/mol. The third kappa shape index (κ3) is 4.06. The molecule has 30 heavy (non-hydrogen) atoms. The van der Waals surface area contributed by atoms with Crippen molar-refractivity contribution in [1.29, 1.82) is 0 Å². The molecule has 2 aromatic carbocycles. The molecule has 2 aliphatic rings. The second-order valence-corrected chi connectivity index (χ2v) is 8.34. The molecule has 4 rings (SSSR count).